The molecule has 0 radical (unpaired) electrons. The normalized spacial score (nSPS) is 19.8. The van der Waals surface area contributed by atoms with Gasteiger partial charge in [-0.05, 0) is 38.3 Å². The molecule has 1 saturated heterocycles. The molecular weight excluding hydrogens is 204 g/mol. The van der Waals surface area contributed by atoms with Crippen molar-refractivity contribution in [2.24, 2.45) is 11.8 Å². The lowest BCUT2D eigenvalue weighted by Crippen LogP contribution is -2.45. The van der Waals surface area contributed by atoms with E-state index in [0.29, 0.717) is 12.3 Å². The highest BCUT2D eigenvalue weighted by Gasteiger charge is 2.24. The first-order valence-corrected chi connectivity index (χ1v) is 6.27. The molecule has 1 fully saturated rings. The molecular formula is C12H24N2O2. The van der Waals surface area contributed by atoms with Crippen molar-refractivity contribution >= 4 is 5.91 Å². The molecule has 0 bridgehead atoms. The lowest BCUT2D eigenvalue weighted by Gasteiger charge is -2.27. The van der Waals surface area contributed by atoms with Crippen molar-refractivity contribution in [3.8, 4) is 0 Å². The number of nitrogens with one attached hydrogen (secondary N) is 2. The number of aliphatic hydroxyl groups is 1. The summed E-state index contributed by atoms with van der Waals surface area (Å²) in [5.74, 6) is 0.688. The van der Waals surface area contributed by atoms with Crippen LogP contribution in [0.25, 0.3) is 0 Å². The standard InChI is InChI=1S/C12H24N2O2/c1-9(2)11(5-8-15)14-12(16)10-3-6-13-7-4-10/h9-11,13,15H,3-8H2,1-2H3,(H,14,16). The summed E-state index contributed by atoms with van der Waals surface area (Å²) in [7, 11) is 0. The van der Waals surface area contributed by atoms with Gasteiger partial charge in [0.25, 0.3) is 0 Å². The molecule has 3 N–H and O–H groups in total. The molecule has 1 amide bonds. The Bertz CT molecular complexity index is 213. The molecule has 0 aliphatic carbocycles. The van der Waals surface area contributed by atoms with Crippen molar-refractivity contribution < 1.29 is 9.90 Å². The minimum Gasteiger partial charge on any atom is -0.396 e. The molecule has 0 spiro atoms. The van der Waals surface area contributed by atoms with E-state index in [4.69, 9.17) is 5.11 Å². The van der Waals surface area contributed by atoms with Crippen LogP contribution in [0.5, 0.6) is 0 Å². The summed E-state index contributed by atoms with van der Waals surface area (Å²) in [6, 6.07) is 0.104. The smallest absolute Gasteiger partial charge is 0.223 e. The van der Waals surface area contributed by atoms with E-state index >= 15 is 0 Å². The topological polar surface area (TPSA) is 61.4 Å². The second-order valence-corrected chi connectivity index (χ2v) is 4.90. The Kier molecular flexibility index (Phi) is 5.77. The number of aliphatic hydroxyl groups excluding tert-OH is 1. The zero-order valence-corrected chi connectivity index (χ0v) is 10.3. The van der Waals surface area contributed by atoms with E-state index in [9.17, 15) is 4.79 Å². The highest BCUT2D eigenvalue weighted by atomic mass is 16.3. The predicted molar refractivity (Wildman–Crippen MR) is 64.1 cm³/mol. The summed E-state index contributed by atoms with van der Waals surface area (Å²) in [5.41, 5.74) is 0. The van der Waals surface area contributed by atoms with Gasteiger partial charge in [0.15, 0.2) is 0 Å². The van der Waals surface area contributed by atoms with E-state index in [2.05, 4.69) is 24.5 Å². The maximum absolute atomic E-state index is 12.0. The molecule has 0 saturated carbocycles. The Morgan fingerprint density at radius 3 is 2.56 bits per heavy atom. The fourth-order valence-corrected chi connectivity index (χ4v) is 2.10. The number of amides is 1. The summed E-state index contributed by atoms with van der Waals surface area (Å²) >= 11 is 0. The molecule has 0 aromatic carbocycles. The maximum Gasteiger partial charge on any atom is 0.223 e. The number of hydrogen-bond donors (Lipinski definition) is 3. The van der Waals surface area contributed by atoms with Crippen molar-refractivity contribution in [2.45, 2.75) is 39.2 Å². The predicted octanol–water partition coefficient (Wildman–Crippen LogP) is 0.509. The molecule has 1 atom stereocenters. The van der Waals surface area contributed by atoms with Crippen molar-refractivity contribution in [3.63, 3.8) is 0 Å². The summed E-state index contributed by atoms with van der Waals surface area (Å²) in [6.07, 6.45) is 2.50. The molecule has 4 nitrogen and oxygen atoms in total. The number of hydrogen-bond acceptors (Lipinski definition) is 3. The van der Waals surface area contributed by atoms with Crippen molar-refractivity contribution in [3.05, 3.63) is 0 Å². The van der Waals surface area contributed by atoms with Crippen molar-refractivity contribution in [2.75, 3.05) is 19.7 Å². The Morgan fingerprint density at radius 2 is 2.06 bits per heavy atom. The molecule has 1 rings (SSSR count). The average molecular weight is 228 g/mol. The van der Waals surface area contributed by atoms with Gasteiger partial charge in [-0.1, -0.05) is 13.8 Å². The second-order valence-electron chi connectivity index (χ2n) is 4.90. The number of carbonyl (C=O) groups excluding carboxylic acids is 1. The first kappa shape index (κ1) is 13.5. The quantitative estimate of drug-likeness (QED) is 0.642. The zero-order chi connectivity index (χ0) is 12.0. The van der Waals surface area contributed by atoms with E-state index in [-0.39, 0.29) is 24.5 Å². The van der Waals surface area contributed by atoms with Gasteiger partial charge >= 0.3 is 0 Å². The second kappa shape index (κ2) is 6.86. The molecule has 94 valence electrons. The lowest BCUT2D eigenvalue weighted by molar-refractivity contribution is -0.126. The van der Waals surface area contributed by atoms with Gasteiger partial charge in [-0.15, -0.1) is 0 Å². The molecule has 4 heteroatoms. The molecule has 16 heavy (non-hydrogen) atoms. The van der Waals surface area contributed by atoms with Crippen LogP contribution in [0, 0.1) is 11.8 Å². The third-order valence-electron chi connectivity index (χ3n) is 3.28. The number of carbonyl (C=O) groups is 1. The highest BCUT2D eigenvalue weighted by molar-refractivity contribution is 5.79. The summed E-state index contributed by atoms with van der Waals surface area (Å²) in [4.78, 5) is 12.0. The van der Waals surface area contributed by atoms with Crippen LogP contribution < -0.4 is 10.6 Å². The largest absolute Gasteiger partial charge is 0.396 e. The van der Waals surface area contributed by atoms with Crippen LogP contribution in [-0.2, 0) is 4.79 Å². The maximum atomic E-state index is 12.0. The fraction of sp³-hybridized carbons (Fsp3) is 0.917. The molecule has 1 unspecified atom stereocenters. The Labute approximate surface area is 97.8 Å². The first-order valence-electron chi connectivity index (χ1n) is 6.27. The SMILES string of the molecule is CC(C)C(CCO)NC(=O)C1CCNCC1. The van der Waals surface area contributed by atoms with Gasteiger partial charge < -0.3 is 15.7 Å². The molecule has 0 aromatic rings. The van der Waals surface area contributed by atoms with E-state index in [0.717, 1.165) is 25.9 Å². The van der Waals surface area contributed by atoms with E-state index in [1.165, 1.54) is 0 Å². The van der Waals surface area contributed by atoms with Gasteiger partial charge in [-0.25, -0.2) is 0 Å². The minimum absolute atomic E-state index is 0.104. The fourth-order valence-electron chi connectivity index (χ4n) is 2.10. The van der Waals surface area contributed by atoms with Gasteiger partial charge in [0.2, 0.25) is 5.91 Å². The third kappa shape index (κ3) is 4.10. The summed E-state index contributed by atoms with van der Waals surface area (Å²) < 4.78 is 0. The molecule has 0 aromatic heterocycles. The van der Waals surface area contributed by atoms with E-state index in [1.807, 2.05) is 0 Å². The average Bonchev–Trinajstić information content (AvgIpc) is 2.29. The zero-order valence-electron chi connectivity index (χ0n) is 10.3. The minimum atomic E-state index is 0.104. The van der Waals surface area contributed by atoms with Gasteiger partial charge in [-0.3, -0.25) is 4.79 Å². The summed E-state index contributed by atoms with van der Waals surface area (Å²) in [6.45, 7) is 6.15. The molecule has 1 aliphatic rings. The van der Waals surface area contributed by atoms with Gasteiger partial charge in [0.1, 0.15) is 0 Å². The van der Waals surface area contributed by atoms with Crippen LogP contribution in [0.4, 0.5) is 0 Å². The Hall–Kier alpha value is -0.610. The molecule has 1 aliphatic heterocycles. The van der Waals surface area contributed by atoms with Crippen LogP contribution in [0.3, 0.4) is 0 Å². The monoisotopic (exact) mass is 228 g/mol. The van der Waals surface area contributed by atoms with Gasteiger partial charge in [0, 0.05) is 18.6 Å². The van der Waals surface area contributed by atoms with Crippen molar-refractivity contribution in [1.82, 2.24) is 10.6 Å². The van der Waals surface area contributed by atoms with Crippen LogP contribution >= 0.6 is 0 Å². The number of piperidine rings is 1. The number of rotatable bonds is 5. The third-order valence-corrected chi connectivity index (χ3v) is 3.28. The van der Waals surface area contributed by atoms with Crippen LogP contribution in [0.1, 0.15) is 33.1 Å². The van der Waals surface area contributed by atoms with Gasteiger partial charge in [0.05, 0.1) is 0 Å². The van der Waals surface area contributed by atoms with E-state index < -0.39 is 0 Å². The highest BCUT2D eigenvalue weighted by Crippen LogP contribution is 2.13. The van der Waals surface area contributed by atoms with Crippen LogP contribution in [-0.4, -0.2) is 36.8 Å². The summed E-state index contributed by atoms with van der Waals surface area (Å²) in [5, 5.41) is 15.3. The van der Waals surface area contributed by atoms with E-state index in [1.54, 1.807) is 0 Å². The first-order chi connectivity index (χ1) is 7.65. The van der Waals surface area contributed by atoms with Crippen LogP contribution in [0.2, 0.25) is 0 Å². The van der Waals surface area contributed by atoms with Gasteiger partial charge in [-0.2, -0.15) is 0 Å². The molecule has 1 heterocycles. The lowest BCUT2D eigenvalue weighted by atomic mass is 9.95. The Morgan fingerprint density at radius 1 is 1.44 bits per heavy atom. The van der Waals surface area contributed by atoms with Crippen molar-refractivity contribution in [1.29, 1.82) is 0 Å². The Balaban J connectivity index is 2.40. The van der Waals surface area contributed by atoms with Crippen LogP contribution in [0.15, 0.2) is 0 Å².